The number of carboxylic acids is 1. The van der Waals surface area contributed by atoms with Gasteiger partial charge in [0.15, 0.2) is 0 Å². The maximum atomic E-state index is 10.4. The summed E-state index contributed by atoms with van der Waals surface area (Å²) in [4.78, 5) is 13.0. The second kappa shape index (κ2) is 6.33. The minimum Gasteiger partial charge on any atom is -0.480 e. The molecule has 98 valence electrons. The van der Waals surface area contributed by atoms with E-state index in [4.69, 9.17) is 9.84 Å². The Labute approximate surface area is 102 Å². The highest BCUT2D eigenvalue weighted by molar-refractivity contribution is 5.68. The Morgan fingerprint density at radius 3 is 2.47 bits per heavy atom. The molecule has 0 bridgehead atoms. The molecule has 5 nitrogen and oxygen atoms in total. The second-order valence-electron chi connectivity index (χ2n) is 4.92. The molecule has 2 fully saturated rings. The molecule has 0 radical (unpaired) electrons. The van der Waals surface area contributed by atoms with Gasteiger partial charge in [-0.05, 0) is 38.8 Å². The zero-order valence-corrected chi connectivity index (χ0v) is 10.2. The van der Waals surface area contributed by atoms with Gasteiger partial charge in [0.25, 0.3) is 0 Å². The summed E-state index contributed by atoms with van der Waals surface area (Å²) >= 11 is 0. The first-order chi connectivity index (χ1) is 8.25. The number of hydrogen-bond acceptors (Lipinski definition) is 4. The fraction of sp³-hybridized carbons (Fsp3) is 0.917. The molecule has 2 rings (SSSR count). The molecule has 2 aliphatic rings. The number of nitrogens with one attached hydrogen (secondary N) is 1. The van der Waals surface area contributed by atoms with Crippen molar-refractivity contribution in [2.24, 2.45) is 0 Å². The van der Waals surface area contributed by atoms with Crippen molar-refractivity contribution in [1.29, 1.82) is 0 Å². The van der Waals surface area contributed by atoms with Crippen LogP contribution < -0.4 is 5.32 Å². The predicted octanol–water partition coefficient (Wildman–Crippen LogP) is 0.304. The molecule has 17 heavy (non-hydrogen) atoms. The molecule has 0 atom stereocenters. The molecule has 2 heterocycles. The lowest BCUT2D eigenvalue weighted by Crippen LogP contribution is -2.47. The van der Waals surface area contributed by atoms with Crippen molar-refractivity contribution in [3.05, 3.63) is 0 Å². The van der Waals surface area contributed by atoms with E-state index in [0.29, 0.717) is 0 Å². The van der Waals surface area contributed by atoms with E-state index in [1.165, 1.54) is 12.8 Å². The first-order valence-electron chi connectivity index (χ1n) is 6.54. The summed E-state index contributed by atoms with van der Waals surface area (Å²) in [7, 11) is 0. The highest BCUT2D eigenvalue weighted by Gasteiger charge is 2.26. The van der Waals surface area contributed by atoms with E-state index in [1.807, 2.05) is 0 Å². The van der Waals surface area contributed by atoms with Crippen LogP contribution in [0.25, 0.3) is 0 Å². The van der Waals surface area contributed by atoms with Crippen molar-refractivity contribution in [3.63, 3.8) is 0 Å². The third kappa shape index (κ3) is 3.94. The summed E-state index contributed by atoms with van der Waals surface area (Å²) in [6.45, 7) is 4.20. The molecule has 0 aliphatic carbocycles. The van der Waals surface area contributed by atoms with Gasteiger partial charge in [-0.15, -0.1) is 0 Å². The van der Waals surface area contributed by atoms with Gasteiger partial charge < -0.3 is 20.1 Å². The van der Waals surface area contributed by atoms with E-state index in [1.54, 1.807) is 0 Å². The summed E-state index contributed by atoms with van der Waals surface area (Å²) < 4.78 is 5.34. The van der Waals surface area contributed by atoms with Crippen LogP contribution in [0.1, 0.15) is 25.7 Å². The lowest BCUT2D eigenvalue weighted by Gasteiger charge is -2.39. The van der Waals surface area contributed by atoms with Crippen molar-refractivity contribution < 1.29 is 14.6 Å². The van der Waals surface area contributed by atoms with Crippen LogP contribution in [0.15, 0.2) is 0 Å². The van der Waals surface area contributed by atoms with Gasteiger partial charge in [-0.1, -0.05) is 0 Å². The Kier molecular flexibility index (Phi) is 4.76. The molecule has 5 heteroatoms. The highest BCUT2D eigenvalue weighted by atomic mass is 16.5. The highest BCUT2D eigenvalue weighted by Crippen LogP contribution is 2.20. The maximum Gasteiger partial charge on any atom is 0.329 e. The van der Waals surface area contributed by atoms with E-state index >= 15 is 0 Å². The van der Waals surface area contributed by atoms with Crippen LogP contribution in [0.4, 0.5) is 0 Å². The molecule has 2 saturated heterocycles. The van der Waals surface area contributed by atoms with Gasteiger partial charge in [0.2, 0.25) is 0 Å². The number of carboxylic acid groups (broad SMARTS) is 1. The van der Waals surface area contributed by atoms with Crippen LogP contribution in [-0.4, -0.2) is 60.9 Å². The van der Waals surface area contributed by atoms with E-state index in [2.05, 4.69) is 10.2 Å². The van der Waals surface area contributed by atoms with Crippen LogP contribution in [0.5, 0.6) is 0 Å². The Balaban J connectivity index is 1.68. The van der Waals surface area contributed by atoms with Crippen LogP contribution in [0, 0.1) is 0 Å². The Morgan fingerprint density at radius 1 is 1.24 bits per heavy atom. The van der Waals surface area contributed by atoms with E-state index in [-0.39, 0.29) is 12.7 Å². The molecule has 0 unspecified atom stereocenters. The number of rotatable bonds is 4. The van der Waals surface area contributed by atoms with Crippen molar-refractivity contribution in [2.45, 2.75) is 37.8 Å². The number of nitrogens with zero attached hydrogens (tertiary/aromatic N) is 1. The van der Waals surface area contributed by atoms with E-state index in [9.17, 15) is 4.79 Å². The minimum atomic E-state index is -0.870. The first-order valence-corrected chi connectivity index (χ1v) is 6.54. The number of ether oxygens (including phenoxy) is 1. The van der Waals surface area contributed by atoms with Crippen molar-refractivity contribution in [2.75, 3.05) is 32.8 Å². The normalized spacial score (nSPS) is 24.9. The van der Waals surface area contributed by atoms with Gasteiger partial charge in [0, 0.05) is 19.1 Å². The van der Waals surface area contributed by atoms with Gasteiger partial charge in [0.05, 0.1) is 6.10 Å². The van der Waals surface area contributed by atoms with E-state index in [0.717, 1.165) is 45.1 Å². The summed E-state index contributed by atoms with van der Waals surface area (Å²) in [5, 5.41) is 11.9. The fourth-order valence-electron chi connectivity index (χ4n) is 2.77. The summed E-state index contributed by atoms with van der Waals surface area (Å²) in [5.74, 6) is -0.870. The molecular formula is C12H22N2O3. The topological polar surface area (TPSA) is 61.8 Å². The van der Waals surface area contributed by atoms with Crippen LogP contribution in [0.2, 0.25) is 0 Å². The van der Waals surface area contributed by atoms with Crippen LogP contribution in [-0.2, 0) is 9.53 Å². The molecule has 2 aliphatic heterocycles. The largest absolute Gasteiger partial charge is 0.480 e. The lowest BCUT2D eigenvalue weighted by atomic mass is 10.00. The monoisotopic (exact) mass is 242 g/mol. The minimum absolute atomic E-state index is 0.143. The molecule has 2 N–H and O–H groups in total. The molecular weight excluding hydrogens is 220 g/mol. The third-order valence-electron chi connectivity index (χ3n) is 3.74. The van der Waals surface area contributed by atoms with Gasteiger partial charge in [-0.25, -0.2) is 4.79 Å². The number of piperidine rings is 2. The molecule has 0 aromatic rings. The van der Waals surface area contributed by atoms with Gasteiger partial charge in [0.1, 0.15) is 6.61 Å². The third-order valence-corrected chi connectivity index (χ3v) is 3.74. The van der Waals surface area contributed by atoms with Gasteiger partial charge in [-0.2, -0.15) is 0 Å². The predicted molar refractivity (Wildman–Crippen MR) is 64.1 cm³/mol. The average Bonchev–Trinajstić information content (AvgIpc) is 2.38. The number of hydrogen-bond donors (Lipinski definition) is 2. The van der Waals surface area contributed by atoms with Gasteiger partial charge >= 0.3 is 5.97 Å². The summed E-state index contributed by atoms with van der Waals surface area (Å²) in [6.07, 6.45) is 4.56. The van der Waals surface area contributed by atoms with Crippen molar-refractivity contribution in [3.8, 4) is 0 Å². The molecule has 0 aromatic heterocycles. The van der Waals surface area contributed by atoms with Crippen LogP contribution in [0.3, 0.4) is 0 Å². The Hall–Kier alpha value is -0.650. The molecule has 0 saturated carbocycles. The number of likely N-dealkylation sites (tertiary alicyclic amines) is 1. The number of aliphatic carboxylic acids is 1. The zero-order valence-electron chi connectivity index (χ0n) is 10.2. The molecule has 0 amide bonds. The maximum absolute atomic E-state index is 10.4. The number of carbonyl (C=O) groups is 1. The fourth-order valence-corrected chi connectivity index (χ4v) is 2.77. The summed E-state index contributed by atoms with van der Waals surface area (Å²) in [6, 6.07) is 0.719. The standard InChI is InChI=1S/C12H22N2O3/c15-12(16)9-17-11-3-7-14(8-4-11)10-1-5-13-6-2-10/h10-11,13H,1-9H2,(H,15,16). The zero-order chi connectivity index (χ0) is 12.1. The van der Waals surface area contributed by atoms with Gasteiger partial charge in [-0.3, -0.25) is 0 Å². The lowest BCUT2D eigenvalue weighted by molar-refractivity contribution is -0.145. The Morgan fingerprint density at radius 2 is 1.88 bits per heavy atom. The average molecular weight is 242 g/mol. The van der Waals surface area contributed by atoms with Crippen LogP contribution >= 0.6 is 0 Å². The second-order valence-corrected chi connectivity index (χ2v) is 4.92. The van der Waals surface area contributed by atoms with Crippen molar-refractivity contribution in [1.82, 2.24) is 10.2 Å². The summed E-state index contributed by atoms with van der Waals surface area (Å²) in [5.41, 5.74) is 0. The first kappa shape index (κ1) is 12.8. The van der Waals surface area contributed by atoms with E-state index < -0.39 is 5.97 Å². The SMILES string of the molecule is O=C(O)COC1CCN(C2CCNCC2)CC1. The van der Waals surface area contributed by atoms with Crippen molar-refractivity contribution >= 4 is 5.97 Å². The quantitative estimate of drug-likeness (QED) is 0.742. The molecule has 0 spiro atoms. The molecule has 0 aromatic carbocycles. The smallest absolute Gasteiger partial charge is 0.329 e. The Bertz CT molecular complexity index is 246.